The number of unbranched alkanes of at least 4 members (excludes halogenated alkanes) is 1. The van der Waals surface area contributed by atoms with Crippen molar-refractivity contribution in [1.29, 1.82) is 0 Å². The molecular formula is C19H35N5O5S. The minimum absolute atomic E-state index is 0.0798. The van der Waals surface area contributed by atoms with Crippen molar-refractivity contribution >= 4 is 36.3 Å². The van der Waals surface area contributed by atoms with Crippen LogP contribution in [0, 0.1) is 5.92 Å². The van der Waals surface area contributed by atoms with Gasteiger partial charge >= 0.3 is 5.97 Å². The van der Waals surface area contributed by atoms with Crippen LogP contribution in [0.15, 0.2) is 0 Å². The number of carboxylic acid groups (broad SMARTS) is 1. The van der Waals surface area contributed by atoms with Crippen molar-refractivity contribution in [2.24, 2.45) is 11.7 Å². The van der Waals surface area contributed by atoms with E-state index in [2.05, 4.69) is 33.9 Å². The van der Waals surface area contributed by atoms with Crippen LogP contribution in [0.3, 0.4) is 0 Å². The first kappa shape index (κ1) is 26.2. The fraction of sp³-hybridized carbons (Fsp3) is 0.789. The predicted octanol–water partition coefficient (Wildman–Crippen LogP) is -1.01. The van der Waals surface area contributed by atoms with Crippen molar-refractivity contribution in [2.75, 3.05) is 18.8 Å². The van der Waals surface area contributed by atoms with E-state index in [1.165, 1.54) is 0 Å². The summed E-state index contributed by atoms with van der Waals surface area (Å²) in [6.45, 7) is 4.81. The van der Waals surface area contributed by atoms with Crippen LogP contribution in [-0.2, 0) is 19.2 Å². The maximum absolute atomic E-state index is 12.9. The Hall–Kier alpha value is -1.85. The molecule has 4 unspecified atom stereocenters. The van der Waals surface area contributed by atoms with Gasteiger partial charge in [-0.3, -0.25) is 14.4 Å². The largest absolute Gasteiger partial charge is 0.480 e. The van der Waals surface area contributed by atoms with Gasteiger partial charge in [0, 0.05) is 5.75 Å². The van der Waals surface area contributed by atoms with Gasteiger partial charge in [-0.05, 0) is 51.1 Å². The van der Waals surface area contributed by atoms with Crippen LogP contribution in [0.1, 0.15) is 46.0 Å². The number of nitrogens with one attached hydrogen (secondary N) is 4. The van der Waals surface area contributed by atoms with Crippen molar-refractivity contribution in [3.8, 4) is 0 Å². The average Bonchev–Trinajstić information content (AvgIpc) is 3.23. The number of rotatable bonds is 13. The van der Waals surface area contributed by atoms with Crippen molar-refractivity contribution in [3.05, 3.63) is 0 Å². The fourth-order valence-electron chi connectivity index (χ4n) is 3.18. The van der Waals surface area contributed by atoms with Gasteiger partial charge in [0.25, 0.3) is 0 Å². The summed E-state index contributed by atoms with van der Waals surface area (Å²) in [6.07, 6.45) is 3.15. The highest BCUT2D eigenvalue weighted by molar-refractivity contribution is 7.80. The minimum Gasteiger partial charge on any atom is -0.480 e. The minimum atomic E-state index is -1.21. The summed E-state index contributed by atoms with van der Waals surface area (Å²) in [5, 5.41) is 20.1. The first-order valence-corrected chi connectivity index (χ1v) is 11.0. The Balaban J connectivity index is 2.83. The van der Waals surface area contributed by atoms with Gasteiger partial charge < -0.3 is 32.1 Å². The van der Waals surface area contributed by atoms with E-state index < -0.39 is 35.9 Å². The van der Waals surface area contributed by atoms with E-state index in [1.807, 2.05) is 0 Å². The van der Waals surface area contributed by atoms with Gasteiger partial charge in [-0.2, -0.15) is 12.6 Å². The first-order chi connectivity index (χ1) is 14.2. The van der Waals surface area contributed by atoms with Crippen LogP contribution in [-0.4, -0.2) is 71.8 Å². The summed E-state index contributed by atoms with van der Waals surface area (Å²) in [5.41, 5.74) is 5.51. The van der Waals surface area contributed by atoms with Crippen molar-refractivity contribution in [2.45, 2.75) is 70.1 Å². The molecule has 0 aromatic rings. The number of carbonyl (C=O) groups excluding carboxylic acids is 3. The quantitative estimate of drug-likeness (QED) is 0.141. The molecule has 1 fully saturated rings. The van der Waals surface area contributed by atoms with Crippen LogP contribution >= 0.6 is 12.6 Å². The topological polar surface area (TPSA) is 163 Å². The molecule has 172 valence electrons. The molecular weight excluding hydrogens is 410 g/mol. The third-order valence-corrected chi connectivity index (χ3v) is 5.37. The molecule has 0 aromatic carbocycles. The van der Waals surface area contributed by atoms with Crippen molar-refractivity contribution in [1.82, 2.24) is 21.3 Å². The summed E-state index contributed by atoms with van der Waals surface area (Å²) in [7, 11) is 0. The Morgan fingerprint density at radius 1 is 1.10 bits per heavy atom. The number of carbonyl (C=O) groups is 4. The Morgan fingerprint density at radius 2 is 1.77 bits per heavy atom. The molecule has 0 radical (unpaired) electrons. The third-order valence-electron chi connectivity index (χ3n) is 5.00. The highest BCUT2D eigenvalue weighted by Crippen LogP contribution is 2.09. The predicted molar refractivity (Wildman–Crippen MR) is 116 cm³/mol. The van der Waals surface area contributed by atoms with Crippen LogP contribution in [0.4, 0.5) is 0 Å². The van der Waals surface area contributed by atoms with E-state index in [4.69, 9.17) is 10.8 Å². The van der Waals surface area contributed by atoms with Gasteiger partial charge in [-0.25, -0.2) is 4.79 Å². The molecule has 30 heavy (non-hydrogen) atoms. The molecule has 0 saturated carbocycles. The Kier molecular flexibility index (Phi) is 11.7. The Morgan fingerprint density at radius 3 is 2.27 bits per heavy atom. The number of nitrogens with two attached hydrogens (primary N) is 1. The van der Waals surface area contributed by atoms with E-state index in [1.54, 1.807) is 13.8 Å². The Bertz CT molecular complexity index is 598. The average molecular weight is 446 g/mol. The molecule has 4 atom stereocenters. The zero-order valence-electron chi connectivity index (χ0n) is 17.6. The molecule has 1 saturated heterocycles. The van der Waals surface area contributed by atoms with Crippen LogP contribution in [0.25, 0.3) is 0 Å². The lowest BCUT2D eigenvalue weighted by Crippen LogP contribution is -2.58. The second-order valence-corrected chi connectivity index (χ2v) is 8.17. The zero-order chi connectivity index (χ0) is 22.7. The zero-order valence-corrected chi connectivity index (χ0v) is 18.5. The molecule has 1 aliphatic heterocycles. The van der Waals surface area contributed by atoms with E-state index in [9.17, 15) is 19.2 Å². The van der Waals surface area contributed by atoms with Crippen LogP contribution < -0.4 is 27.0 Å². The van der Waals surface area contributed by atoms with E-state index in [0.717, 1.165) is 13.0 Å². The number of aliphatic carboxylic acids is 1. The van der Waals surface area contributed by atoms with Gasteiger partial charge in [0.15, 0.2) is 0 Å². The van der Waals surface area contributed by atoms with Gasteiger partial charge in [-0.1, -0.05) is 13.8 Å². The lowest BCUT2D eigenvalue weighted by atomic mass is 10.0. The molecule has 7 N–H and O–H groups in total. The summed E-state index contributed by atoms with van der Waals surface area (Å²) < 4.78 is 0. The van der Waals surface area contributed by atoms with Crippen LogP contribution in [0.5, 0.6) is 0 Å². The number of amides is 3. The molecule has 0 bridgehead atoms. The van der Waals surface area contributed by atoms with E-state index >= 15 is 0 Å². The maximum Gasteiger partial charge on any atom is 0.327 e. The number of hydrogen-bond acceptors (Lipinski definition) is 7. The van der Waals surface area contributed by atoms with Gasteiger partial charge in [0.1, 0.15) is 18.1 Å². The summed E-state index contributed by atoms with van der Waals surface area (Å²) in [4.78, 5) is 49.1. The van der Waals surface area contributed by atoms with E-state index in [-0.39, 0.29) is 23.6 Å². The lowest BCUT2D eigenvalue weighted by Gasteiger charge is -2.27. The van der Waals surface area contributed by atoms with Crippen LogP contribution in [0.2, 0.25) is 0 Å². The molecule has 3 amide bonds. The van der Waals surface area contributed by atoms with Gasteiger partial charge in [0.2, 0.25) is 17.7 Å². The lowest BCUT2D eigenvalue weighted by molar-refractivity contribution is -0.141. The second-order valence-electron chi connectivity index (χ2n) is 7.81. The second kappa shape index (κ2) is 13.5. The number of carboxylic acids is 1. The van der Waals surface area contributed by atoms with E-state index in [0.29, 0.717) is 32.2 Å². The summed E-state index contributed by atoms with van der Waals surface area (Å²) >= 11 is 3.94. The molecule has 1 rings (SSSR count). The number of thiol groups is 1. The third kappa shape index (κ3) is 8.49. The highest BCUT2D eigenvalue weighted by Gasteiger charge is 2.32. The molecule has 1 aliphatic rings. The molecule has 10 nitrogen and oxygen atoms in total. The summed E-state index contributed by atoms with van der Waals surface area (Å²) in [5.74, 6) is -2.82. The molecule has 0 aliphatic carbocycles. The van der Waals surface area contributed by atoms with Gasteiger partial charge in [0.05, 0.1) is 6.04 Å². The summed E-state index contributed by atoms with van der Waals surface area (Å²) in [6, 6.07) is -3.24. The molecule has 11 heteroatoms. The molecule has 1 heterocycles. The monoisotopic (exact) mass is 445 g/mol. The Labute approximate surface area is 182 Å². The molecule has 0 aromatic heterocycles. The molecule has 0 spiro atoms. The standard InChI is InChI=1S/C19H35N5O5S/c1-11(2)15(24-16(25)12-7-5-9-21-12)18(27)22-13(6-3-4-8-20)17(26)23-14(10-30)19(28)29/h11-15,21,30H,3-10,20H2,1-2H3,(H,22,27)(H,23,26)(H,24,25)(H,28,29). The normalized spacial score (nSPS) is 19.0. The van der Waals surface area contributed by atoms with Crippen molar-refractivity contribution < 1.29 is 24.3 Å². The smallest absolute Gasteiger partial charge is 0.327 e. The maximum atomic E-state index is 12.9. The number of hydrogen-bond donors (Lipinski definition) is 7. The fourth-order valence-corrected chi connectivity index (χ4v) is 3.43. The first-order valence-electron chi connectivity index (χ1n) is 10.4. The SMILES string of the molecule is CC(C)C(NC(=O)C1CCCN1)C(=O)NC(CCCCN)C(=O)NC(CS)C(=O)O. The van der Waals surface area contributed by atoms with Crippen molar-refractivity contribution in [3.63, 3.8) is 0 Å². The van der Waals surface area contributed by atoms with Gasteiger partial charge in [-0.15, -0.1) is 0 Å². The highest BCUT2D eigenvalue weighted by atomic mass is 32.1.